The standard InChI is InChI=1S/C14H16Cl2N2O2S/c15-8-3-9(16)5-10(4-8)21(19,20)18-13-1-2-14(18)12-7-17-6-11(12)13/h3-5,11-14,17H,1-2,6-7H2/t11-,12+,13-,14+. The van der Waals surface area contributed by atoms with Gasteiger partial charge < -0.3 is 5.32 Å². The van der Waals surface area contributed by atoms with E-state index in [1.165, 1.54) is 12.1 Å². The van der Waals surface area contributed by atoms with E-state index < -0.39 is 10.0 Å². The van der Waals surface area contributed by atoms with Crippen molar-refractivity contribution in [2.75, 3.05) is 13.1 Å². The molecule has 4 nitrogen and oxygen atoms in total. The van der Waals surface area contributed by atoms with Crippen LogP contribution in [0.3, 0.4) is 0 Å². The molecular formula is C14H16Cl2N2O2S. The summed E-state index contributed by atoms with van der Waals surface area (Å²) < 4.78 is 27.8. The number of benzene rings is 1. The van der Waals surface area contributed by atoms with Gasteiger partial charge in [-0.25, -0.2) is 8.42 Å². The first-order valence-electron chi connectivity index (χ1n) is 7.19. The molecular weight excluding hydrogens is 331 g/mol. The highest BCUT2D eigenvalue weighted by molar-refractivity contribution is 7.89. The van der Waals surface area contributed by atoms with Crippen LogP contribution in [0, 0.1) is 11.8 Å². The van der Waals surface area contributed by atoms with E-state index in [1.54, 1.807) is 10.4 Å². The van der Waals surface area contributed by atoms with Crippen LogP contribution in [0.2, 0.25) is 10.0 Å². The number of fused-ring (bicyclic) bond motifs is 5. The van der Waals surface area contributed by atoms with Crippen molar-refractivity contribution in [3.63, 3.8) is 0 Å². The molecule has 0 amide bonds. The van der Waals surface area contributed by atoms with Crippen LogP contribution in [0.5, 0.6) is 0 Å². The van der Waals surface area contributed by atoms with Crippen LogP contribution in [0.25, 0.3) is 0 Å². The molecule has 0 aliphatic carbocycles. The smallest absolute Gasteiger partial charge is 0.243 e. The van der Waals surface area contributed by atoms with Crippen LogP contribution in [-0.4, -0.2) is 37.9 Å². The Labute approximate surface area is 134 Å². The summed E-state index contributed by atoms with van der Waals surface area (Å²) >= 11 is 11.9. The number of nitrogens with zero attached hydrogens (tertiary/aromatic N) is 1. The van der Waals surface area contributed by atoms with Crippen LogP contribution in [0.15, 0.2) is 23.1 Å². The highest BCUT2D eigenvalue weighted by atomic mass is 35.5. The maximum absolute atomic E-state index is 13.0. The quantitative estimate of drug-likeness (QED) is 0.894. The number of rotatable bonds is 2. The van der Waals surface area contributed by atoms with Gasteiger partial charge in [0.1, 0.15) is 0 Å². The van der Waals surface area contributed by atoms with E-state index in [9.17, 15) is 8.42 Å². The van der Waals surface area contributed by atoms with Crippen LogP contribution in [0.4, 0.5) is 0 Å². The number of halogens is 2. The van der Waals surface area contributed by atoms with Crippen LogP contribution < -0.4 is 5.32 Å². The van der Waals surface area contributed by atoms with E-state index in [4.69, 9.17) is 23.2 Å². The fourth-order valence-electron chi connectivity index (χ4n) is 4.37. The first kappa shape index (κ1) is 14.3. The van der Waals surface area contributed by atoms with Crippen molar-refractivity contribution < 1.29 is 8.42 Å². The molecule has 0 unspecified atom stereocenters. The van der Waals surface area contributed by atoms with Crippen molar-refractivity contribution in [1.82, 2.24) is 9.62 Å². The molecule has 114 valence electrons. The predicted molar refractivity (Wildman–Crippen MR) is 82.1 cm³/mol. The van der Waals surface area contributed by atoms with Crippen molar-refractivity contribution in [1.29, 1.82) is 0 Å². The molecule has 3 aliphatic rings. The van der Waals surface area contributed by atoms with Gasteiger partial charge in [-0.2, -0.15) is 4.31 Å². The maximum atomic E-state index is 13.0. The average Bonchev–Trinajstić information content (AvgIpc) is 3.09. The summed E-state index contributed by atoms with van der Waals surface area (Å²) in [5.74, 6) is 0.904. The second-order valence-corrected chi connectivity index (χ2v) is 8.85. The molecule has 4 rings (SSSR count). The molecule has 4 atom stereocenters. The lowest BCUT2D eigenvalue weighted by Gasteiger charge is -2.24. The fraction of sp³-hybridized carbons (Fsp3) is 0.571. The third-order valence-electron chi connectivity index (χ3n) is 5.12. The Morgan fingerprint density at radius 1 is 1.00 bits per heavy atom. The zero-order chi connectivity index (χ0) is 14.8. The molecule has 0 aromatic heterocycles. The van der Waals surface area contributed by atoms with Crippen molar-refractivity contribution in [2.24, 2.45) is 11.8 Å². The Kier molecular flexibility index (Phi) is 3.28. The van der Waals surface area contributed by atoms with E-state index in [-0.39, 0.29) is 17.0 Å². The molecule has 3 aliphatic heterocycles. The van der Waals surface area contributed by atoms with Gasteiger partial charge in [-0.05, 0) is 56.0 Å². The van der Waals surface area contributed by atoms with Crippen LogP contribution >= 0.6 is 23.2 Å². The van der Waals surface area contributed by atoms with Crippen molar-refractivity contribution in [3.8, 4) is 0 Å². The average molecular weight is 347 g/mol. The lowest BCUT2D eigenvalue weighted by Crippen LogP contribution is -2.39. The van der Waals surface area contributed by atoms with Gasteiger partial charge in [0.25, 0.3) is 0 Å². The van der Waals surface area contributed by atoms with E-state index in [0.717, 1.165) is 25.9 Å². The summed E-state index contributed by atoms with van der Waals surface area (Å²) in [4.78, 5) is 0.213. The zero-order valence-corrected chi connectivity index (χ0v) is 13.6. The third kappa shape index (κ3) is 2.05. The summed E-state index contributed by atoms with van der Waals surface area (Å²) in [6.07, 6.45) is 1.92. The molecule has 0 spiro atoms. The third-order valence-corrected chi connectivity index (χ3v) is 7.49. The molecule has 7 heteroatoms. The SMILES string of the molecule is O=S(=O)(c1cc(Cl)cc(Cl)c1)N1[C@@H]2CC[C@H]1[C@H]1CNC[C@H]12. The zero-order valence-electron chi connectivity index (χ0n) is 11.3. The lowest BCUT2D eigenvalue weighted by molar-refractivity contribution is 0.354. The Hall–Kier alpha value is -0.330. The predicted octanol–water partition coefficient (Wildman–Crippen LogP) is 2.36. The van der Waals surface area contributed by atoms with E-state index in [2.05, 4.69) is 5.32 Å². The van der Waals surface area contributed by atoms with Gasteiger partial charge in [0, 0.05) is 22.1 Å². The molecule has 3 saturated heterocycles. The Morgan fingerprint density at radius 3 is 2.05 bits per heavy atom. The monoisotopic (exact) mass is 346 g/mol. The fourth-order valence-corrected chi connectivity index (χ4v) is 7.05. The second-order valence-electron chi connectivity index (χ2n) is 6.14. The van der Waals surface area contributed by atoms with Gasteiger partial charge >= 0.3 is 0 Å². The number of hydrogen-bond acceptors (Lipinski definition) is 3. The molecule has 0 radical (unpaired) electrons. The first-order chi connectivity index (χ1) is 9.98. The van der Waals surface area contributed by atoms with Crippen LogP contribution in [0.1, 0.15) is 12.8 Å². The van der Waals surface area contributed by atoms with Crippen molar-refractivity contribution in [3.05, 3.63) is 28.2 Å². The van der Waals surface area contributed by atoms with Gasteiger partial charge in [0.05, 0.1) is 4.90 Å². The highest BCUT2D eigenvalue weighted by Gasteiger charge is 2.58. The summed E-state index contributed by atoms with van der Waals surface area (Å²) in [5, 5.41) is 4.10. The molecule has 1 aromatic carbocycles. The number of sulfonamides is 1. The second kappa shape index (κ2) is 4.83. The molecule has 1 aromatic rings. The molecule has 3 fully saturated rings. The Morgan fingerprint density at radius 2 is 1.52 bits per heavy atom. The van der Waals surface area contributed by atoms with Crippen LogP contribution in [-0.2, 0) is 10.0 Å². The molecule has 2 bridgehead atoms. The van der Waals surface area contributed by atoms with Crippen molar-refractivity contribution >= 4 is 33.2 Å². The van der Waals surface area contributed by atoms with Crippen molar-refractivity contribution in [2.45, 2.75) is 29.8 Å². The summed E-state index contributed by atoms with van der Waals surface area (Å²) in [6.45, 7) is 1.85. The lowest BCUT2D eigenvalue weighted by atomic mass is 9.82. The summed E-state index contributed by atoms with van der Waals surface area (Å²) in [7, 11) is -3.52. The molecule has 3 heterocycles. The minimum atomic E-state index is -3.52. The number of hydrogen-bond donors (Lipinski definition) is 1. The summed E-state index contributed by atoms with van der Waals surface area (Å²) in [5.41, 5.74) is 0. The summed E-state index contributed by atoms with van der Waals surface area (Å²) in [6, 6.07) is 4.79. The van der Waals surface area contributed by atoms with Gasteiger partial charge in [0.15, 0.2) is 0 Å². The topological polar surface area (TPSA) is 49.4 Å². The normalized spacial score (nSPS) is 35.3. The minimum absolute atomic E-state index is 0.123. The largest absolute Gasteiger partial charge is 0.316 e. The Bertz CT molecular complexity index is 656. The maximum Gasteiger partial charge on any atom is 0.243 e. The highest BCUT2D eigenvalue weighted by Crippen LogP contribution is 2.49. The molecule has 0 saturated carbocycles. The number of nitrogens with one attached hydrogen (secondary N) is 1. The first-order valence-corrected chi connectivity index (χ1v) is 9.38. The molecule has 21 heavy (non-hydrogen) atoms. The Balaban J connectivity index is 1.76. The van der Waals surface area contributed by atoms with Gasteiger partial charge in [-0.3, -0.25) is 0 Å². The van der Waals surface area contributed by atoms with E-state index in [0.29, 0.717) is 21.9 Å². The molecule has 1 N–H and O–H groups in total. The van der Waals surface area contributed by atoms with E-state index in [1.807, 2.05) is 0 Å². The minimum Gasteiger partial charge on any atom is -0.316 e. The van der Waals surface area contributed by atoms with Gasteiger partial charge in [-0.1, -0.05) is 23.2 Å². The van der Waals surface area contributed by atoms with Gasteiger partial charge in [0.2, 0.25) is 10.0 Å². The van der Waals surface area contributed by atoms with E-state index >= 15 is 0 Å². The van der Waals surface area contributed by atoms with Gasteiger partial charge in [-0.15, -0.1) is 0 Å².